The number of carboxylic acid groups (broad SMARTS) is 1. The van der Waals surface area contributed by atoms with Gasteiger partial charge in [-0.2, -0.15) is 0 Å². The summed E-state index contributed by atoms with van der Waals surface area (Å²) in [5, 5.41) is 11.8. The van der Waals surface area contributed by atoms with Gasteiger partial charge in [0.05, 0.1) is 6.42 Å². The predicted octanol–water partition coefficient (Wildman–Crippen LogP) is 5.19. The Morgan fingerprint density at radius 2 is 1.58 bits per heavy atom. The molecule has 164 valence electrons. The molecule has 0 saturated heterocycles. The first-order valence-corrected chi connectivity index (χ1v) is 10.6. The molecule has 0 spiro atoms. The van der Waals surface area contributed by atoms with Crippen LogP contribution < -0.4 is 5.32 Å². The van der Waals surface area contributed by atoms with Crippen molar-refractivity contribution in [1.29, 1.82) is 0 Å². The molecule has 7 heteroatoms. The number of benzene rings is 2. The number of alkyl carbamates (subject to hydrolysis) is 1. The summed E-state index contributed by atoms with van der Waals surface area (Å²) in [4.78, 5) is 23.8. The Kier molecular flexibility index (Phi) is 5.94. The summed E-state index contributed by atoms with van der Waals surface area (Å²) in [5.74, 6) is -4.21. The van der Waals surface area contributed by atoms with Crippen LogP contribution in [0.1, 0.15) is 49.1 Å². The van der Waals surface area contributed by atoms with E-state index in [0.29, 0.717) is 0 Å². The standard InChI is InChI=1S/C24H25F2NO4/c25-24(26)11-9-15(10-12-24)21(13-22(28)29)27-23(30)31-14-20-18-7-3-1-5-16(18)17-6-2-4-8-19(17)20/h1-8,15,20-21H,9-14H2,(H,27,30)(H,28,29)/t21-/m1/s1. The third kappa shape index (κ3) is 4.70. The number of carbonyl (C=O) groups excluding carboxylic acids is 1. The Labute approximate surface area is 179 Å². The van der Waals surface area contributed by atoms with E-state index >= 15 is 0 Å². The van der Waals surface area contributed by atoms with Crippen molar-refractivity contribution in [3.63, 3.8) is 0 Å². The molecule has 0 heterocycles. The molecule has 2 aliphatic rings. The van der Waals surface area contributed by atoms with Crippen molar-refractivity contribution in [2.75, 3.05) is 6.61 Å². The number of hydrogen-bond donors (Lipinski definition) is 2. The predicted molar refractivity (Wildman–Crippen MR) is 111 cm³/mol. The van der Waals surface area contributed by atoms with Gasteiger partial charge in [-0.1, -0.05) is 48.5 Å². The zero-order valence-corrected chi connectivity index (χ0v) is 17.0. The number of aliphatic carboxylic acids is 1. The van der Waals surface area contributed by atoms with Crippen molar-refractivity contribution in [1.82, 2.24) is 5.32 Å². The van der Waals surface area contributed by atoms with E-state index in [1.807, 2.05) is 48.5 Å². The smallest absolute Gasteiger partial charge is 0.407 e. The van der Waals surface area contributed by atoms with Crippen molar-refractivity contribution < 1.29 is 28.2 Å². The lowest BCUT2D eigenvalue weighted by Gasteiger charge is -2.33. The Balaban J connectivity index is 1.41. The summed E-state index contributed by atoms with van der Waals surface area (Å²) in [7, 11) is 0. The topological polar surface area (TPSA) is 75.6 Å². The number of alkyl halides is 2. The molecule has 4 rings (SSSR count). The summed E-state index contributed by atoms with van der Waals surface area (Å²) in [5.41, 5.74) is 4.37. The summed E-state index contributed by atoms with van der Waals surface area (Å²) in [6.07, 6.45) is -1.27. The molecule has 2 aromatic carbocycles. The van der Waals surface area contributed by atoms with Crippen molar-refractivity contribution >= 4 is 12.1 Å². The molecular weight excluding hydrogens is 404 g/mol. The number of fused-ring (bicyclic) bond motifs is 3. The molecule has 0 aliphatic heterocycles. The molecule has 1 fully saturated rings. The van der Waals surface area contributed by atoms with E-state index in [-0.39, 0.29) is 50.5 Å². The lowest BCUT2D eigenvalue weighted by Crippen LogP contribution is -2.44. The van der Waals surface area contributed by atoms with Crippen molar-refractivity contribution in [3.05, 3.63) is 59.7 Å². The van der Waals surface area contributed by atoms with Crippen LogP contribution in [-0.2, 0) is 9.53 Å². The molecule has 31 heavy (non-hydrogen) atoms. The van der Waals surface area contributed by atoms with E-state index in [0.717, 1.165) is 22.3 Å². The van der Waals surface area contributed by atoms with E-state index in [1.54, 1.807) is 0 Å². The molecule has 5 nitrogen and oxygen atoms in total. The van der Waals surface area contributed by atoms with Crippen LogP contribution in [0.25, 0.3) is 11.1 Å². The number of ether oxygens (including phenoxy) is 1. The number of hydrogen-bond acceptors (Lipinski definition) is 3. The monoisotopic (exact) mass is 429 g/mol. The first-order valence-electron chi connectivity index (χ1n) is 10.6. The summed E-state index contributed by atoms with van der Waals surface area (Å²) < 4.78 is 32.4. The molecule has 1 saturated carbocycles. The van der Waals surface area contributed by atoms with Gasteiger partial charge in [-0.15, -0.1) is 0 Å². The lowest BCUT2D eigenvalue weighted by atomic mass is 9.81. The van der Waals surface area contributed by atoms with Crippen molar-refractivity contribution in [2.24, 2.45) is 5.92 Å². The maximum absolute atomic E-state index is 13.5. The van der Waals surface area contributed by atoms with Gasteiger partial charge in [0, 0.05) is 24.8 Å². The maximum Gasteiger partial charge on any atom is 0.407 e. The second kappa shape index (κ2) is 8.65. The quantitative estimate of drug-likeness (QED) is 0.662. The summed E-state index contributed by atoms with van der Waals surface area (Å²) in [6, 6.07) is 15.2. The van der Waals surface area contributed by atoms with Crippen LogP contribution in [0.15, 0.2) is 48.5 Å². The highest BCUT2D eigenvalue weighted by atomic mass is 19.3. The van der Waals surface area contributed by atoms with E-state index in [1.165, 1.54) is 0 Å². The van der Waals surface area contributed by atoms with Crippen LogP contribution >= 0.6 is 0 Å². The SMILES string of the molecule is O=C(O)C[C@@H](NC(=O)OCC1c2ccccc2-c2ccccc21)C1CCC(F)(F)CC1. The van der Waals surface area contributed by atoms with Gasteiger partial charge in [-0.3, -0.25) is 4.79 Å². The van der Waals surface area contributed by atoms with Gasteiger partial charge in [-0.05, 0) is 41.0 Å². The highest BCUT2D eigenvalue weighted by molar-refractivity contribution is 5.79. The zero-order valence-electron chi connectivity index (χ0n) is 17.0. The Morgan fingerprint density at radius 1 is 1.03 bits per heavy atom. The molecule has 0 unspecified atom stereocenters. The minimum Gasteiger partial charge on any atom is -0.481 e. The third-order valence-corrected chi connectivity index (χ3v) is 6.37. The average Bonchev–Trinajstić information content (AvgIpc) is 3.05. The average molecular weight is 429 g/mol. The van der Waals surface area contributed by atoms with Crippen LogP contribution in [0.5, 0.6) is 0 Å². The molecular formula is C24H25F2NO4. The molecule has 1 atom stereocenters. The number of carboxylic acids is 1. The van der Waals surface area contributed by atoms with E-state index < -0.39 is 24.0 Å². The highest BCUT2D eigenvalue weighted by Gasteiger charge is 2.39. The Bertz CT molecular complexity index is 922. The van der Waals surface area contributed by atoms with Crippen LogP contribution in [0.2, 0.25) is 0 Å². The molecule has 0 aromatic heterocycles. The fraction of sp³-hybridized carbons (Fsp3) is 0.417. The van der Waals surface area contributed by atoms with Crippen LogP contribution in [0, 0.1) is 5.92 Å². The van der Waals surface area contributed by atoms with Gasteiger partial charge in [0.1, 0.15) is 6.61 Å². The van der Waals surface area contributed by atoms with Gasteiger partial charge >= 0.3 is 12.1 Å². The van der Waals surface area contributed by atoms with Gasteiger partial charge in [-0.25, -0.2) is 13.6 Å². The number of rotatable bonds is 6. The largest absolute Gasteiger partial charge is 0.481 e. The van der Waals surface area contributed by atoms with Crippen LogP contribution in [0.4, 0.5) is 13.6 Å². The second-order valence-corrected chi connectivity index (χ2v) is 8.37. The highest BCUT2D eigenvalue weighted by Crippen LogP contribution is 2.44. The molecule has 0 radical (unpaired) electrons. The molecule has 2 aliphatic carbocycles. The first-order chi connectivity index (χ1) is 14.8. The van der Waals surface area contributed by atoms with Gasteiger partial charge in [0.15, 0.2) is 0 Å². The maximum atomic E-state index is 13.5. The molecule has 1 amide bonds. The normalized spacial score (nSPS) is 18.6. The van der Waals surface area contributed by atoms with E-state index in [4.69, 9.17) is 4.74 Å². The van der Waals surface area contributed by atoms with E-state index in [9.17, 15) is 23.5 Å². The summed E-state index contributed by atoms with van der Waals surface area (Å²) in [6.45, 7) is 0.113. The fourth-order valence-corrected chi connectivity index (χ4v) is 4.78. The Morgan fingerprint density at radius 3 is 2.13 bits per heavy atom. The molecule has 2 N–H and O–H groups in total. The minimum atomic E-state index is -2.71. The molecule has 2 aromatic rings. The number of amides is 1. The fourth-order valence-electron chi connectivity index (χ4n) is 4.78. The van der Waals surface area contributed by atoms with Crippen LogP contribution in [-0.4, -0.2) is 35.7 Å². The number of carbonyl (C=O) groups is 2. The van der Waals surface area contributed by atoms with Gasteiger partial charge in [0.2, 0.25) is 5.92 Å². The zero-order chi connectivity index (χ0) is 22.0. The number of halogens is 2. The number of nitrogens with one attached hydrogen (secondary N) is 1. The lowest BCUT2D eigenvalue weighted by molar-refractivity contribution is -0.138. The van der Waals surface area contributed by atoms with Crippen molar-refractivity contribution in [2.45, 2.75) is 50.0 Å². The van der Waals surface area contributed by atoms with Crippen LogP contribution in [0.3, 0.4) is 0 Å². The third-order valence-electron chi connectivity index (χ3n) is 6.37. The van der Waals surface area contributed by atoms with E-state index in [2.05, 4.69) is 5.32 Å². The van der Waals surface area contributed by atoms with Gasteiger partial charge < -0.3 is 15.2 Å². The van der Waals surface area contributed by atoms with Gasteiger partial charge in [0.25, 0.3) is 0 Å². The van der Waals surface area contributed by atoms with Crippen molar-refractivity contribution in [3.8, 4) is 11.1 Å². The Hall–Kier alpha value is -2.96. The second-order valence-electron chi connectivity index (χ2n) is 8.37. The first kappa shape index (κ1) is 21.3. The minimum absolute atomic E-state index is 0.107. The molecule has 0 bridgehead atoms. The summed E-state index contributed by atoms with van der Waals surface area (Å²) >= 11 is 0.